The summed E-state index contributed by atoms with van der Waals surface area (Å²) in [5, 5.41) is 15.4. The first-order valence-corrected chi connectivity index (χ1v) is 13.2. The third-order valence-corrected chi connectivity index (χ3v) is 8.73. The number of tetrazole rings is 1. The van der Waals surface area contributed by atoms with E-state index < -0.39 is 10.0 Å². The normalized spacial score (nSPS) is 18.4. The van der Waals surface area contributed by atoms with Crippen molar-refractivity contribution in [1.82, 2.24) is 24.5 Å². The van der Waals surface area contributed by atoms with Crippen LogP contribution in [-0.2, 0) is 14.8 Å². The lowest BCUT2D eigenvalue weighted by molar-refractivity contribution is -0.113. The average Bonchev–Trinajstić information content (AvgIpc) is 3.46. The van der Waals surface area contributed by atoms with Gasteiger partial charge >= 0.3 is 0 Å². The van der Waals surface area contributed by atoms with E-state index in [1.54, 1.807) is 18.2 Å². The highest BCUT2D eigenvalue weighted by Gasteiger charge is 2.27. The summed E-state index contributed by atoms with van der Waals surface area (Å²) in [6.45, 7) is 2.94. The first-order chi connectivity index (χ1) is 14.9. The molecule has 1 saturated heterocycles. The van der Waals surface area contributed by atoms with Gasteiger partial charge in [-0.1, -0.05) is 37.1 Å². The zero-order valence-corrected chi connectivity index (χ0v) is 19.3. The maximum atomic E-state index is 13.0. The number of carbonyl (C=O) groups excluding carboxylic acids is 1. The van der Waals surface area contributed by atoms with E-state index in [-0.39, 0.29) is 16.6 Å². The van der Waals surface area contributed by atoms with Gasteiger partial charge in [0.05, 0.1) is 16.7 Å². The Hall–Kier alpha value is -1.98. The Bertz CT molecular complexity index is 1030. The zero-order chi connectivity index (χ0) is 21.8. The van der Waals surface area contributed by atoms with Gasteiger partial charge in [0, 0.05) is 18.8 Å². The van der Waals surface area contributed by atoms with Crippen LogP contribution in [-0.4, -0.2) is 57.7 Å². The number of hydrogen-bond acceptors (Lipinski definition) is 7. The highest BCUT2D eigenvalue weighted by molar-refractivity contribution is 7.99. The molecule has 0 spiro atoms. The van der Waals surface area contributed by atoms with Crippen molar-refractivity contribution in [3.05, 3.63) is 23.8 Å². The molecule has 2 fully saturated rings. The van der Waals surface area contributed by atoms with Gasteiger partial charge in [-0.25, -0.2) is 13.1 Å². The molecule has 0 atom stereocenters. The quantitative estimate of drug-likeness (QED) is 0.627. The molecule has 1 amide bonds. The molecule has 1 aliphatic carbocycles. The van der Waals surface area contributed by atoms with Crippen LogP contribution in [0, 0.1) is 6.92 Å². The summed E-state index contributed by atoms with van der Waals surface area (Å²) < 4.78 is 29.3. The molecule has 0 bridgehead atoms. The molecular weight excluding hydrogens is 436 g/mol. The number of amides is 1. The van der Waals surface area contributed by atoms with E-state index in [1.807, 2.05) is 11.6 Å². The van der Waals surface area contributed by atoms with E-state index in [0.717, 1.165) is 37.7 Å². The van der Waals surface area contributed by atoms with Gasteiger partial charge in [0.15, 0.2) is 0 Å². The van der Waals surface area contributed by atoms with Crippen molar-refractivity contribution in [2.75, 3.05) is 24.2 Å². The summed E-state index contributed by atoms with van der Waals surface area (Å²) in [5.41, 5.74) is 1.32. The number of aryl methyl sites for hydroxylation is 1. The number of nitrogens with one attached hydrogen (secondary N) is 1. The molecule has 31 heavy (non-hydrogen) atoms. The molecule has 2 aromatic rings. The van der Waals surface area contributed by atoms with Crippen molar-refractivity contribution in [3.8, 4) is 0 Å². The number of thioether (sulfide) groups is 1. The zero-order valence-electron chi connectivity index (χ0n) is 17.7. The van der Waals surface area contributed by atoms with Crippen LogP contribution in [0.4, 0.5) is 5.69 Å². The number of anilines is 1. The van der Waals surface area contributed by atoms with E-state index in [4.69, 9.17) is 0 Å². The topological polar surface area (TPSA) is 110 Å². The second-order valence-corrected chi connectivity index (χ2v) is 11.0. The van der Waals surface area contributed by atoms with Gasteiger partial charge in [-0.15, -0.1) is 5.10 Å². The van der Waals surface area contributed by atoms with Gasteiger partial charge in [0.2, 0.25) is 21.1 Å². The lowest BCUT2D eigenvalue weighted by Gasteiger charge is -2.26. The molecule has 11 heteroatoms. The highest BCUT2D eigenvalue weighted by Crippen LogP contribution is 2.31. The first kappa shape index (κ1) is 22.2. The average molecular weight is 465 g/mol. The summed E-state index contributed by atoms with van der Waals surface area (Å²) in [5.74, 6) is -0.0723. The lowest BCUT2D eigenvalue weighted by atomic mass is 10.2. The van der Waals surface area contributed by atoms with E-state index in [1.165, 1.54) is 28.9 Å². The third-order valence-electron chi connectivity index (χ3n) is 5.90. The monoisotopic (exact) mass is 464 g/mol. The predicted molar refractivity (Wildman–Crippen MR) is 118 cm³/mol. The van der Waals surface area contributed by atoms with Gasteiger partial charge in [0.25, 0.3) is 0 Å². The van der Waals surface area contributed by atoms with E-state index in [0.29, 0.717) is 30.0 Å². The van der Waals surface area contributed by atoms with E-state index in [2.05, 4.69) is 20.8 Å². The fourth-order valence-electron chi connectivity index (χ4n) is 4.13. The molecule has 168 valence electrons. The van der Waals surface area contributed by atoms with Crippen molar-refractivity contribution >= 4 is 33.4 Å². The molecule has 9 nitrogen and oxygen atoms in total. The van der Waals surface area contributed by atoms with Gasteiger partial charge in [-0.2, -0.15) is 4.31 Å². The number of rotatable bonds is 7. The minimum Gasteiger partial charge on any atom is -0.325 e. The lowest BCUT2D eigenvalue weighted by Crippen LogP contribution is -2.35. The molecule has 1 aromatic heterocycles. The Balaban J connectivity index is 1.41. The van der Waals surface area contributed by atoms with Crippen LogP contribution in [0.25, 0.3) is 0 Å². The van der Waals surface area contributed by atoms with Gasteiger partial charge < -0.3 is 5.32 Å². The van der Waals surface area contributed by atoms with Crippen LogP contribution in [0.2, 0.25) is 0 Å². The summed E-state index contributed by atoms with van der Waals surface area (Å²) >= 11 is 1.29. The minimum absolute atomic E-state index is 0.148. The van der Waals surface area contributed by atoms with Crippen molar-refractivity contribution in [2.24, 2.45) is 0 Å². The van der Waals surface area contributed by atoms with Crippen LogP contribution in [0.1, 0.15) is 56.6 Å². The Morgan fingerprint density at radius 1 is 1.16 bits per heavy atom. The second-order valence-electron chi connectivity index (χ2n) is 8.12. The molecule has 2 heterocycles. The third kappa shape index (κ3) is 5.09. The van der Waals surface area contributed by atoms with Gasteiger partial charge in [-0.05, 0) is 60.7 Å². The Morgan fingerprint density at radius 2 is 1.90 bits per heavy atom. The summed E-state index contributed by atoms with van der Waals surface area (Å²) in [6.07, 6.45) is 7.28. The molecule has 1 aliphatic heterocycles. The fraction of sp³-hybridized carbons (Fsp3) is 0.600. The van der Waals surface area contributed by atoms with Gasteiger partial charge in [-0.3, -0.25) is 4.79 Å². The minimum atomic E-state index is -3.55. The van der Waals surface area contributed by atoms with Crippen molar-refractivity contribution in [3.63, 3.8) is 0 Å². The van der Waals surface area contributed by atoms with Crippen LogP contribution >= 0.6 is 11.8 Å². The fourth-order valence-corrected chi connectivity index (χ4v) is 6.41. The standard InChI is InChI=1S/C20H28N6O3S2/c1-15-9-10-17(31(28,29)25-11-5-2-6-12-25)13-18(15)21-19(27)14-30-20-22-23-24-26(20)16-7-3-4-8-16/h9-10,13,16H,2-8,11-12,14H2,1H3,(H,21,27). The number of aromatic nitrogens is 4. The maximum absolute atomic E-state index is 13.0. The molecule has 2 aliphatic rings. The van der Waals surface area contributed by atoms with E-state index in [9.17, 15) is 13.2 Å². The number of carbonyl (C=O) groups is 1. The molecule has 0 unspecified atom stereocenters. The van der Waals surface area contributed by atoms with Crippen molar-refractivity contribution in [2.45, 2.75) is 68.0 Å². The largest absolute Gasteiger partial charge is 0.325 e. The summed E-state index contributed by atoms with van der Waals surface area (Å²) in [4.78, 5) is 12.8. The van der Waals surface area contributed by atoms with Crippen LogP contribution < -0.4 is 5.32 Å². The predicted octanol–water partition coefficient (Wildman–Crippen LogP) is 3.00. The summed E-state index contributed by atoms with van der Waals surface area (Å²) in [7, 11) is -3.55. The van der Waals surface area contributed by atoms with Crippen LogP contribution in [0.15, 0.2) is 28.3 Å². The number of hydrogen-bond donors (Lipinski definition) is 1. The molecule has 1 N–H and O–H groups in total. The first-order valence-electron chi connectivity index (χ1n) is 10.8. The highest BCUT2D eigenvalue weighted by atomic mass is 32.2. The molecular formula is C20H28N6O3S2. The smallest absolute Gasteiger partial charge is 0.243 e. The second kappa shape index (κ2) is 9.66. The Labute approximate surface area is 187 Å². The van der Waals surface area contributed by atoms with Crippen molar-refractivity contribution < 1.29 is 13.2 Å². The Morgan fingerprint density at radius 3 is 2.65 bits per heavy atom. The number of nitrogens with zero attached hydrogens (tertiary/aromatic N) is 5. The molecule has 1 aromatic carbocycles. The number of benzene rings is 1. The molecule has 4 rings (SSSR count). The number of sulfonamides is 1. The van der Waals surface area contributed by atoms with Crippen LogP contribution in [0.3, 0.4) is 0 Å². The van der Waals surface area contributed by atoms with Crippen LogP contribution in [0.5, 0.6) is 0 Å². The molecule has 1 saturated carbocycles. The Kier molecular flexibility index (Phi) is 6.92. The number of piperidine rings is 1. The van der Waals surface area contributed by atoms with Crippen molar-refractivity contribution in [1.29, 1.82) is 0 Å². The van der Waals surface area contributed by atoms with Gasteiger partial charge in [0.1, 0.15) is 0 Å². The SMILES string of the molecule is Cc1ccc(S(=O)(=O)N2CCCCC2)cc1NC(=O)CSc1nnnn1C1CCCC1. The molecule has 0 radical (unpaired) electrons. The maximum Gasteiger partial charge on any atom is 0.243 e. The summed E-state index contributed by atoms with van der Waals surface area (Å²) in [6, 6.07) is 5.21. The van der Waals surface area contributed by atoms with E-state index >= 15 is 0 Å².